The minimum atomic E-state index is 0.431. The Labute approximate surface area is 119 Å². The molecular formula is C15H20N4O. The fraction of sp³-hybridized carbons (Fsp3) is 0.333. The van der Waals surface area contributed by atoms with E-state index in [4.69, 9.17) is 10.6 Å². The van der Waals surface area contributed by atoms with E-state index in [0.29, 0.717) is 13.2 Å². The SMILES string of the molecule is Cc1ccccc1C(CCn1ccnc1)=NOCCN. The Morgan fingerprint density at radius 1 is 1.40 bits per heavy atom. The second-order valence-corrected chi connectivity index (χ2v) is 4.53. The van der Waals surface area contributed by atoms with Crippen LogP contribution >= 0.6 is 0 Å². The van der Waals surface area contributed by atoms with E-state index in [-0.39, 0.29) is 0 Å². The smallest absolute Gasteiger partial charge is 0.129 e. The molecule has 5 nitrogen and oxygen atoms in total. The molecule has 0 aliphatic carbocycles. The summed E-state index contributed by atoms with van der Waals surface area (Å²) in [5, 5.41) is 4.25. The van der Waals surface area contributed by atoms with Gasteiger partial charge >= 0.3 is 0 Å². The zero-order valence-electron chi connectivity index (χ0n) is 11.7. The van der Waals surface area contributed by atoms with Gasteiger partial charge in [0.1, 0.15) is 6.61 Å². The van der Waals surface area contributed by atoms with E-state index in [1.54, 1.807) is 12.5 Å². The summed E-state index contributed by atoms with van der Waals surface area (Å²) >= 11 is 0. The van der Waals surface area contributed by atoms with Crippen molar-refractivity contribution in [2.24, 2.45) is 10.9 Å². The number of aromatic nitrogens is 2. The van der Waals surface area contributed by atoms with Crippen molar-refractivity contribution in [3.63, 3.8) is 0 Å². The molecule has 0 atom stereocenters. The van der Waals surface area contributed by atoms with Crippen LogP contribution in [0.5, 0.6) is 0 Å². The highest BCUT2D eigenvalue weighted by molar-refractivity contribution is 6.01. The van der Waals surface area contributed by atoms with Gasteiger partial charge in [-0.25, -0.2) is 4.98 Å². The second kappa shape index (κ2) is 7.45. The van der Waals surface area contributed by atoms with E-state index < -0.39 is 0 Å². The van der Waals surface area contributed by atoms with Crippen molar-refractivity contribution in [3.8, 4) is 0 Å². The summed E-state index contributed by atoms with van der Waals surface area (Å²) in [6, 6.07) is 8.17. The minimum absolute atomic E-state index is 0.431. The molecular weight excluding hydrogens is 252 g/mol. The van der Waals surface area contributed by atoms with E-state index in [1.807, 2.05) is 22.9 Å². The molecule has 1 aromatic heterocycles. The largest absolute Gasteiger partial charge is 0.394 e. The average molecular weight is 272 g/mol. The molecule has 2 rings (SSSR count). The summed E-state index contributed by atoms with van der Waals surface area (Å²) in [4.78, 5) is 9.30. The lowest BCUT2D eigenvalue weighted by Gasteiger charge is -2.10. The number of hydrogen-bond donors (Lipinski definition) is 1. The van der Waals surface area contributed by atoms with Gasteiger partial charge in [0.2, 0.25) is 0 Å². The van der Waals surface area contributed by atoms with Crippen molar-refractivity contribution in [2.75, 3.05) is 13.2 Å². The second-order valence-electron chi connectivity index (χ2n) is 4.53. The quantitative estimate of drug-likeness (QED) is 0.476. The van der Waals surface area contributed by atoms with Gasteiger partial charge in [0, 0.05) is 37.5 Å². The van der Waals surface area contributed by atoms with Crippen molar-refractivity contribution >= 4 is 5.71 Å². The van der Waals surface area contributed by atoms with Crippen LogP contribution in [0.4, 0.5) is 0 Å². The molecule has 2 aromatic rings. The van der Waals surface area contributed by atoms with Gasteiger partial charge in [-0.1, -0.05) is 29.4 Å². The van der Waals surface area contributed by atoms with E-state index >= 15 is 0 Å². The first-order valence-electron chi connectivity index (χ1n) is 6.72. The van der Waals surface area contributed by atoms with Crippen molar-refractivity contribution in [2.45, 2.75) is 19.9 Å². The molecule has 1 aromatic carbocycles. The average Bonchev–Trinajstić information content (AvgIpc) is 2.97. The Balaban J connectivity index is 2.12. The molecule has 0 saturated heterocycles. The third kappa shape index (κ3) is 3.93. The summed E-state index contributed by atoms with van der Waals surface area (Å²) in [6.45, 7) is 3.79. The molecule has 0 aliphatic rings. The van der Waals surface area contributed by atoms with Crippen molar-refractivity contribution in [1.29, 1.82) is 0 Å². The minimum Gasteiger partial charge on any atom is -0.394 e. The summed E-state index contributed by atoms with van der Waals surface area (Å²) in [6.07, 6.45) is 6.30. The maximum Gasteiger partial charge on any atom is 0.129 e. The Hall–Kier alpha value is -2.14. The van der Waals surface area contributed by atoms with Crippen LogP contribution in [0.25, 0.3) is 0 Å². The molecule has 0 radical (unpaired) electrons. The van der Waals surface area contributed by atoms with Crippen LogP contribution in [0.1, 0.15) is 17.5 Å². The Morgan fingerprint density at radius 2 is 2.25 bits per heavy atom. The van der Waals surface area contributed by atoms with Crippen LogP contribution < -0.4 is 5.73 Å². The lowest BCUT2D eigenvalue weighted by molar-refractivity contribution is 0.151. The van der Waals surface area contributed by atoms with E-state index in [9.17, 15) is 0 Å². The highest BCUT2D eigenvalue weighted by Crippen LogP contribution is 2.12. The molecule has 106 valence electrons. The number of oxime groups is 1. The Morgan fingerprint density at radius 3 is 2.95 bits per heavy atom. The molecule has 5 heteroatoms. The van der Waals surface area contributed by atoms with Gasteiger partial charge in [-0.3, -0.25) is 0 Å². The predicted molar refractivity (Wildman–Crippen MR) is 79.6 cm³/mol. The first kappa shape index (κ1) is 14.3. The monoisotopic (exact) mass is 272 g/mol. The molecule has 20 heavy (non-hydrogen) atoms. The molecule has 2 N–H and O–H groups in total. The van der Waals surface area contributed by atoms with Gasteiger partial charge in [0.15, 0.2) is 0 Å². The normalized spacial score (nSPS) is 11.6. The summed E-state index contributed by atoms with van der Waals surface area (Å²) in [5.41, 5.74) is 8.67. The maximum absolute atomic E-state index is 5.43. The number of nitrogens with zero attached hydrogens (tertiary/aromatic N) is 3. The number of benzene rings is 1. The number of hydrogen-bond acceptors (Lipinski definition) is 4. The van der Waals surface area contributed by atoms with Gasteiger partial charge < -0.3 is 15.1 Å². The van der Waals surface area contributed by atoms with E-state index in [2.05, 4.69) is 29.2 Å². The Kier molecular flexibility index (Phi) is 5.32. The maximum atomic E-state index is 5.43. The molecule has 0 saturated carbocycles. The topological polar surface area (TPSA) is 65.4 Å². The van der Waals surface area contributed by atoms with Gasteiger partial charge in [-0.2, -0.15) is 0 Å². The van der Waals surface area contributed by atoms with Crippen molar-refractivity contribution < 1.29 is 4.84 Å². The van der Waals surface area contributed by atoms with Crippen LogP contribution in [0.2, 0.25) is 0 Å². The first-order chi connectivity index (χ1) is 9.81. The third-order valence-electron chi connectivity index (χ3n) is 3.01. The molecule has 0 amide bonds. The summed E-state index contributed by atoms with van der Waals surface area (Å²) in [5.74, 6) is 0. The van der Waals surface area contributed by atoms with Gasteiger partial charge in [0.05, 0.1) is 12.0 Å². The van der Waals surface area contributed by atoms with Crippen LogP contribution in [-0.4, -0.2) is 28.4 Å². The highest BCUT2D eigenvalue weighted by Gasteiger charge is 2.08. The van der Waals surface area contributed by atoms with Crippen LogP contribution in [-0.2, 0) is 11.4 Å². The summed E-state index contributed by atoms with van der Waals surface area (Å²) < 4.78 is 2.02. The van der Waals surface area contributed by atoms with Gasteiger partial charge in [-0.05, 0) is 12.5 Å². The van der Waals surface area contributed by atoms with Gasteiger partial charge in [0.25, 0.3) is 0 Å². The first-order valence-corrected chi connectivity index (χ1v) is 6.72. The highest BCUT2D eigenvalue weighted by atomic mass is 16.6. The number of nitrogens with two attached hydrogens (primary N) is 1. The molecule has 0 spiro atoms. The molecule has 0 fully saturated rings. The molecule has 1 heterocycles. The fourth-order valence-electron chi connectivity index (χ4n) is 1.96. The number of imidazole rings is 1. The van der Waals surface area contributed by atoms with Gasteiger partial charge in [-0.15, -0.1) is 0 Å². The van der Waals surface area contributed by atoms with E-state index in [1.165, 1.54) is 5.56 Å². The standard InChI is InChI=1S/C15H20N4O/c1-13-4-2-3-5-14(13)15(18-20-11-7-16)6-9-19-10-8-17-12-19/h2-5,8,10,12H,6-7,9,11,16H2,1H3. The van der Waals surface area contributed by atoms with Crippen LogP contribution in [0.3, 0.4) is 0 Å². The third-order valence-corrected chi connectivity index (χ3v) is 3.01. The number of rotatable bonds is 7. The predicted octanol–water partition coefficient (Wildman–Crippen LogP) is 1.96. The van der Waals surface area contributed by atoms with Crippen molar-refractivity contribution in [1.82, 2.24) is 9.55 Å². The van der Waals surface area contributed by atoms with E-state index in [0.717, 1.165) is 24.2 Å². The van der Waals surface area contributed by atoms with Crippen LogP contribution in [0, 0.1) is 6.92 Å². The Bertz CT molecular complexity index is 549. The zero-order chi connectivity index (χ0) is 14.2. The molecule has 0 aliphatic heterocycles. The summed E-state index contributed by atoms with van der Waals surface area (Å²) in [7, 11) is 0. The molecule has 0 unspecified atom stereocenters. The zero-order valence-corrected chi connectivity index (χ0v) is 11.7. The molecule has 0 bridgehead atoms. The lowest BCUT2D eigenvalue weighted by Crippen LogP contribution is -2.11. The van der Waals surface area contributed by atoms with Crippen molar-refractivity contribution in [3.05, 3.63) is 54.1 Å². The number of aryl methyl sites for hydroxylation is 2. The van der Waals surface area contributed by atoms with Crippen LogP contribution in [0.15, 0.2) is 48.1 Å². The lowest BCUT2D eigenvalue weighted by atomic mass is 10.0. The fourth-order valence-corrected chi connectivity index (χ4v) is 1.96.